The quantitative estimate of drug-likeness (QED) is 0.382. The van der Waals surface area contributed by atoms with Crippen molar-refractivity contribution in [3.8, 4) is 6.07 Å². The summed E-state index contributed by atoms with van der Waals surface area (Å²) in [6.07, 6.45) is -3.98. The first-order valence-corrected chi connectivity index (χ1v) is 11.1. The zero-order valence-corrected chi connectivity index (χ0v) is 18.9. The van der Waals surface area contributed by atoms with E-state index in [1.807, 2.05) is 4.90 Å². The van der Waals surface area contributed by atoms with E-state index >= 15 is 0 Å². The van der Waals surface area contributed by atoms with Crippen LogP contribution < -0.4 is 4.90 Å². The van der Waals surface area contributed by atoms with Gasteiger partial charge >= 0.3 is 6.18 Å². The van der Waals surface area contributed by atoms with Crippen LogP contribution in [0.15, 0.2) is 18.2 Å². The number of pyridine rings is 1. The molecule has 184 valence electrons. The van der Waals surface area contributed by atoms with Crippen LogP contribution in [0.3, 0.4) is 0 Å². The average molecular weight is 489 g/mol. The van der Waals surface area contributed by atoms with E-state index in [1.165, 1.54) is 17.0 Å². The molecule has 2 saturated heterocycles. The molecule has 2 aromatic rings. The average Bonchev–Trinajstić information content (AvgIpc) is 2.82. The van der Waals surface area contributed by atoms with Gasteiger partial charge < -0.3 is 14.7 Å². The number of rotatable bonds is 2. The molecule has 1 amide bonds. The number of fused-ring (bicyclic) bond motifs is 1. The number of hydrogen-bond acceptors (Lipinski definition) is 6. The number of halogens is 4. The molecule has 0 spiro atoms. The Hall–Kier alpha value is -3.75. The molecule has 2 aliphatic rings. The maximum Gasteiger partial charge on any atom is 0.449 e. The highest BCUT2D eigenvalue weighted by molar-refractivity contribution is 6.03. The van der Waals surface area contributed by atoms with Crippen LogP contribution in [-0.2, 0) is 4.79 Å². The number of carbonyl (C=O) groups is 1. The maximum atomic E-state index is 14.0. The van der Waals surface area contributed by atoms with Gasteiger partial charge in [-0.05, 0) is 38.0 Å². The Morgan fingerprint density at radius 1 is 1.20 bits per heavy atom. The summed E-state index contributed by atoms with van der Waals surface area (Å²) in [7, 11) is 0. The zero-order valence-electron chi connectivity index (χ0n) is 18.9. The highest BCUT2D eigenvalue weighted by Crippen LogP contribution is 2.35. The molecule has 0 atom stereocenters. The molecule has 3 heterocycles. The predicted molar refractivity (Wildman–Crippen MR) is 121 cm³/mol. The minimum atomic E-state index is -4.86. The van der Waals surface area contributed by atoms with Crippen molar-refractivity contribution >= 4 is 34.2 Å². The first kappa shape index (κ1) is 24.4. The number of amidine groups is 2. The summed E-state index contributed by atoms with van der Waals surface area (Å²) in [5, 5.41) is 25.4. The van der Waals surface area contributed by atoms with Crippen LogP contribution in [0.2, 0.25) is 0 Å². The summed E-state index contributed by atoms with van der Waals surface area (Å²) in [5.74, 6) is -3.12. The van der Waals surface area contributed by atoms with Crippen molar-refractivity contribution in [2.24, 2.45) is 5.92 Å². The number of aryl methyl sites for hydroxylation is 1. The molecule has 0 radical (unpaired) electrons. The lowest BCUT2D eigenvalue weighted by atomic mass is 9.93. The van der Waals surface area contributed by atoms with Gasteiger partial charge in [0.1, 0.15) is 17.7 Å². The number of alkyl halides is 3. The molecule has 0 saturated carbocycles. The highest BCUT2D eigenvalue weighted by atomic mass is 19.4. The molecule has 1 aromatic carbocycles. The van der Waals surface area contributed by atoms with Gasteiger partial charge in [0.2, 0.25) is 11.7 Å². The summed E-state index contributed by atoms with van der Waals surface area (Å²) in [6, 6.07) is 6.38. The van der Waals surface area contributed by atoms with Crippen molar-refractivity contribution in [1.29, 1.82) is 16.1 Å². The highest BCUT2D eigenvalue weighted by Gasteiger charge is 2.42. The summed E-state index contributed by atoms with van der Waals surface area (Å²) in [5.41, 5.74) is 2.03. The van der Waals surface area contributed by atoms with Crippen LogP contribution in [0.5, 0.6) is 0 Å². The largest absolute Gasteiger partial charge is 0.449 e. The van der Waals surface area contributed by atoms with Crippen LogP contribution in [0.4, 0.5) is 23.2 Å². The van der Waals surface area contributed by atoms with E-state index in [-0.39, 0.29) is 31.5 Å². The minimum Gasteiger partial charge on any atom is -0.370 e. The second-order valence-corrected chi connectivity index (χ2v) is 8.66. The smallest absolute Gasteiger partial charge is 0.370 e. The third-order valence-electron chi connectivity index (χ3n) is 6.48. The fourth-order valence-electron chi connectivity index (χ4n) is 4.70. The molecular weight excluding hydrogens is 466 g/mol. The lowest BCUT2D eigenvalue weighted by Gasteiger charge is -2.40. The van der Waals surface area contributed by atoms with Gasteiger partial charge in [0.15, 0.2) is 0 Å². The molecule has 4 rings (SSSR count). The molecule has 0 bridgehead atoms. The van der Waals surface area contributed by atoms with Crippen LogP contribution in [0.25, 0.3) is 10.9 Å². The third kappa shape index (κ3) is 4.62. The Morgan fingerprint density at radius 3 is 2.49 bits per heavy atom. The number of anilines is 1. The van der Waals surface area contributed by atoms with Gasteiger partial charge in [0.25, 0.3) is 0 Å². The fourth-order valence-corrected chi connectivity index (χ4v) is 4.70. The molecule has 12 heteroatoms. The Kier molecular flexibility index (Phi) is 6.36. The summed E-state index contributed by atoms with van der Waals surface area (Å²) in [6.45, 7) is 2.01. The van der Waals surface area contributed by atoms with Gasteiger partial charge in [-0.3, -0.25) is 20.6 Å². The van der Waals surface area contributed by atoms with Crippen molar-refractivity contribution in [3.05, 3.63) is 35.3 Å². The SMILES string of the molecule is Cc1nc2ccc(F)cc2c(N2CCC(C(=O)N3CCN(C(=N)C(F)(F)F)C(=N)C3)CC2)c1C#N. The summed E-state index contributed by atoms with van der Waals surface area (Å²) < 4.78 is 52.5. The van der Waals surface area contributed by atoms with E-state index < -0.39 is 23.7 Å². The molecule has 35 heavy (non-hydrogen) atoms. The number of aromatic nitrogens is 1. The van der Waals surface area contributed by atoms with Gasteiger partial charge in [-0.25, -0.2) is 4.39 Å². The lowest BCUT2D eigenvalue weighted by molar-refractivity contribution is -0.136. The van der Waals surface area contributed by atoms with E-state index in [2.05, 4.69) is 11.1 Å². The third-order valence-corrected chi connectivity index (χ3v) is 6.48. The van der Waals surface area contributed by atoms with Crippen LogP contribution >= 0.6 is 0 Å². The molecule has 8 nitrogen and oxygen atoms in total. The normalized spacial score (nSPS) is 17.6. The van der Waals surface area contributed by atoms with Crippen molar-refractivity contribution < 1.29 is 22.4 Å². The maximum absolute atomic E-state index is 14.0. The van der Waals surface area contributed by atoms with Crippen LogP contribution in [0.1, 0.15) is 24.1 Å². The summed E-state index contributed by atoms with van der Waals surface area (Å²) in [4.78, 5) is 21.3. The fraction of sp³-hybridized carbons (Fsp3) is 0.435. The van der Waals surface area contributed by atoms with Gasteiger partial charge in [0.05, 0.1) is 29.0 Å². The molecule has 0 aliphatic carbocycles. The number of nitrogens with one attached hydrogen (secondary N) is 2. The van der Waals surface area contributed by atoms with Crippen molar-refractivity contribution in [3.63, 3.8) is 0 Å². The van der Waals surface area contributed by atoms with E-state index in [1.54, 1.807) is 13.0 Å². The Bertz CT molecular complexity index is 1250. The van der Waals surface area contributed by atoms with Crippen molar-refractivity contribution in [2.75, 3.05) is 37.6 Å². The van der Waals surface area contributed by atoms with E-state index in [9.17, 15) is 27.6 Å². The van der Waals surface area contributed by atoms with Gasteiger partial charge in [0, 0.05) is 37.5 Å². The monoisotopic (exact) mass is 489 g/mol. The van der Waals surface area contributed by atoms with Crippen molar-refractivity contribution in [1.82, 2.24) is 14.8 Å². The Morgan fingerprint density at radius 2 is 1.89 bits per heavy atom. The van der Waals surface area contributed by atoms with Crippen LogP contribution in [-0.4, -0.2) is 71.3 Å². The number of benzene rings is 1. The molecule has 2 N–H and O–H groups in total. The van der Waals surface area contributed by atoms with E-state index in [4.69, 9.17) is 10.8 Å². The topological polar surface area (TPSA) is 111 Å². The molecule has 2 aliphatic heterocycles. The van der Waals surface area contributed by atoms with Gasteiger partial charge in [-0.2, -0.15) is 18.4 Å². The number of carbonyl (C=O) groups excluding carboxylic acids is 1. The molecule has 1 aromatic heterocycles. The molecule has 0 unspecified atom stereocenters. The number of piperazine rings is 1. The number of nitrogens with zero attached hydrogens (tertiary/aromatic N) is 5. The van der Waals surface area contributed by atoms with E-state index in [0.29, 0.717) is 58.7 Å². The number of nitriles is 1. The number of hydrogen-bond donors (Lipinski definition) is 2. The standard InChI is InChI=1S/C23H23F4N7O/c1-13-17(11-28)20(16-10-15(24)2-3-18(16)31-13)32-6-4-14(5-7-32)21(35)33-8-9-34(19(29)12-33)22(30)23(25,26)27/h2-3,10,14,29-30H,4-9,12H2,1H3. The first-order valence-electron chi connectivity index (χ1n) is 11.1. The van der Waals surface area contributed by atoms with Gasteiger partial charge in [-0.15, -0.1) is 0 Å². The Balaban J connectivity index is 1.47. The Labute approximate surface area is 198 Å². The zero-order chi connectivity index (χ0) is 25.5. The lowest BCUT2D eigenvalue weighted by Crippen LogP contribution is -2.57. The number of piperidine rings is 1. The first-order chi connectivity index (χ1) is 16.5. The summed E-state index contributed by atoms with van der Waals surface area (Å²) >= 11 is 0. The molecular formula is C23H23F4N7O. The van der Waals surface area contributed by atoms with Crippen LogP contribution in [0, 0.1) is 40.8 Å². The molecule has 2 fully saturated rings. The second kappa shape index (κ2) is 9.13. The second-order valence-electron chi connectivity index (χ2n) is 8.66. The van der Waals surface area contributed by atoms with E-state index in [0.717, 1.165) is 0 Å². The predicted octanol–water partition coefficient (Wildman–Crippen LogP) is 3.43. The minimum absolute atomic E-state index is 0.00800. The van der Waals surface area contributed by atoms with Gasteiger partial charge in [-0.1, -0.05) is 0 Å². The van der Waals surface area contributed by atoms with Crippen molar-refractivity contribution in [2.45, 2.75) is 25.9 Å². The number of amides is 1.